The standard InChI is InChI=1S/C36H40N2O10/c1-20-21(2)33(46-22(3)40)35(48-32(20)34(42)44-4)47-30-14-13-23(18-39)17-29(30)38-31(41)15-16-37-36(43)45-19-28-26-11-7-5-9-24(26)25-10-6-8-12-27(25)28/h5-14,17,20-21,28,32-33,35,39H,15-16,18-19H2,1-4H3,(H,37,43)(H,38,41)/t20-,21-,32?,33?,35+/m0/s1. The van der Waals surface area contributed by atoms with Crippen molar-refractivity contribution >= 4 is 29.6 Å². The van der Waals surface area contributed by atoms with Crippen molar-refractivity contribution in [1.29, 1.82) is 0 Å². The number of alkyl carbamates (subject to hydrolysis) is 1. The molecule has 3 aromatic rings. The molecule has 0 bridgehead atoms. The van der Waals surface area contributed by atoms with Gasteiger partial charge in [0, 0.05) is 31.7 Å². The van der Waals surface area contributed by atoms with Crippen molar-refractivity contribution in [3.63, 3.8) is 0 Å². The van der Waals surface area contributed by atoms with Crippen LogP contribution in [0.25, 0.3) is 11.1 Å². The summed E-state index contributed by atoms with van der Waals surface area (Å²) in [5.41, 5.74) is 5.13. The van der Waals surface area contributed by atoms with Crippen LogP contribution in [-0.2, 0) is 39.9 Å². The summed E-state index contributed by atoms with van der Waals surface area (Å²) in [7, 11) is 1.25. The molecule has 1 fully saturated rings. The van der Waals surface area contributed by atoms with Crippen LogP contribution in [0.3, 0.4) is 0 Å². The van der Waals surface area contributed by atoms with E-state index in [4.69, 9.17) is 23.7 Å². The number of rotatable bonds is 11. The molecule has 5 atom stereocenters. The first-order valence-electron chi connectivity index (χ1n) is 15.8. The Morgan fingerprint density at radius 2 is 1.58 bits per heavy atom. The fourth-order valence-electron chi connectivity index (χ4n) is 6.15. The predicted octanol–water partition coefficient (Wildman–Crippen LogP) is 4.53. The monoisotopic (exact) mass is 660 g/mol. The van der Waals surface area contributed by atoms with Gasteiger partial charge in [-0.25, -0.2) is 9.59 Å². The third-order valence-corrected chi connectivity index (χ3v) is 8.82. The van der Waals surface area contributed by atoms with Crippen molar-refractivity contribution in [3.8, 4) is 16.9 Å². The minimum Gasteiger partial charge on any atom is -0.467 e. The van der Waals surface area contributed by atoms with Crippen molar-refractivity contribution in [2.45, 2.75) is 58.2 Å². The van der Waals surface area contributed by atoms with E-state index in [0.717, 1.165) is 22.3 Å². The quantitative estimate of drug-likeness (QED) is 0.197. The minimum atomic E-state index is -1.21. The number of anilines is 1. The summed E-state index contributed by atoms with van der Waals surface area (Å²) in [6.45, 7) is 4.70. The lowest BCUT2D eigenvalue weighted by molar-refractivity contribution is -0.248. The second kappa shape index (κ2) is 15.3. The minimum absolute atomic E-state index is 0.00510. The lowest BCUT2D eigenvalue weighted by Crippen LogP contribution is -2.55. The zero-order valence-corrected chi connectivity index (χ0v) is 27.3. The molecule has 1 aliphatic heterocycles. The van der Waals surface area contributed by atoms with Crippen molar-refractivity contribution in [2.24, 2.45) is 11.8 Å². The number of aliphatic hydroxyl groups is 1. The number of amides is 2. The number of benzene rings is 3. The maximum atomic E-state index is 13.0. The van der Waals surface area contributed by atoms with Gasteiger partial charge in [-0.1, -0.05) is 68.4 Å². The van der Waals surface area contributed by atoms with Crippen molar-refractivity contribution in [2.75, 3.05) is 25.6 Å². The number of esters is 2. The molecule has 1 aliphatic carbocycles. The van der Waals surface area contributed by atoms with Gasteiger partial charge in [-0.2, -0.15) is 0 Å². The summed E-state index contributed by atoms with van der Waals surface area (Å²) in [6, 6.07) is 20.7. The smallest absolute Gasteiger partial charge is 0.407 e. The van der Waals surface area contributed by atoms with Gasteiger partial charge in [-0.15, -0.1) is 0 Å². The average molecular weight is 661 g/mol. The first-order chi connectivity index (χ1) is 23.1. The number of hydrogen-bond donors (Lipinski definition) is 3. The highest BCUT2D eigenvalue weighted by molar-refractivity contribution is 5.92. The highest BCUT2D eigenvalue weighted by atomic mass is 16.7. The zero-order valence-electron chi connectivity index (χ0n) is 27.3. The Morgan fingerprint density at radius 3 is 2.21 bits per heavy atom. The zero-order chi connectivity index (χ0) is 34.4. The van der Waals surface area contributed by atoms with Gasteiger partial charge >= 0.3 is 18.0 Å². The molecule has 12 heteroatoms. The van der Waals surface area contributed by atoms with Gasteiger partial charge in [0.2, 0.25) is 12.2 Å². The van der Waals surface area contributed by atoms with Crippen molar-refractivity contribution in [3.05, 3.63) is 83.4 Å². The van der Waals surface area contributed by atoms with Crippen LogP contribution in [0.15, 0.2) is 66.7 Å². The Balaban J connectivity index is 1.19. The molecule has 2 unspecified atom stereocenters. The van der Waals surface area contributed by atoms with E-state index in [1.165, 1.54) is 26.2 Å². The molecule has 1 heterocycles. The third-order valence-electron chi connectivity index (χ3n) is 8.82. The van der Waals surface area contributed by atoms with E-state index in [-0.39, 0.29) is 55.4 Å². The van der Waals surface area contributed by atoms with Gasteiger partial charge < -0.3 is 39.4 Å². The molecule has 48 heavy (non-hydrogen) atoms. The maximum Gasteiger partial charge on any atom is 0.407 e. The van der Waals surface area contributed by atoms with Gasteiger partial charge in [0.1, 0.15) is 12.4 Å². The number of methoxy groups -OCH3 is 1. The fraction of sp³-hybridized carbons (Fsp3) is 0.389. The van der Waals surface area contributed by atoms with Crippen LogP contribution < -0.4 is 15.4 Å². The van der Waals surface area contributed by atoms with Crippen LogP contribution in [0.1, 0.15) is 49.8 Å². The van der Waals surface area contributed by atoms with E-state index in [1.54, 1.807) is 13.0 Å². The predicted molar refractivity (Wildman–Crippen MR) is 174 cm³/mol. The molecule has 5 rings (SSSR count). The average Bonchev–Trinajstić information content (AvgIpc) is 3.40. The first-order valence-corrected chi connectivity index (χ1v) is 15.8. The Hall–Kier alpha value is -4.94. The molecule has 0 spiro atoms. The van der Waals surface area contributed by atoms with Gasteiger partial charge in [-0.05, 0) is 45.9 Å². The summed E-state index contributed by atoms with van der Waals surface area (Å²) >= 11 is 0. The number of ether oxygens (including phenoxy) is 5. The topological polar surface area (TPSA) is 159 Å². The van der Waals surface area contributed by atoms with Crippen LogP contribution in [0.4, 0.5) is 10.5 Å². The molecule has 2 aliphatic rings. The third kappa shape index (κ3) is 7.61. The molecule has 3 N–H and O–H groups in total. The van der Waals surface area contributed by atoms with Crippen LogP contribution >= 0.6 is 0 Å². The molecule has 12 nitrogen and oxygen atoms in total. The molecule has 3 aromatic carbocycles. The van der Waals surface area contributed by atoms with Gasteiger partial charge in [0.05, 0.1) is 19.4 Å². The summed E-state index contributed by atoms with van der Waals surface area (Å²) in [6.07, 6.45) is -3.82. The van der Waals surface area contributed by atoms with Crippen LogP contribution in [0, 0.1) is 11.8 Å². The SMILES string of the molecule is COC(=O)C1O[C@@H](Oc2ccc(CO)cc2NC(=O)CCNC(=O)OCC2c3ccccc3-c3ccccc32)C(OC(C)=O)[C@@H](C)[C@@H]1C. The summed E-state index contributed by atoms with van der Waals surface area (Å²) in [5.74, 6) is -2.26. The fourth-order valence-corrected chi connectivity index (χ4v) is 6.15. The van der Waals surface area contributed by atoms with E-state index >= 15 is 0 Å². The number of aliphatic hydroxyl groups excluding tert-OH is 1. The van der Waals surface area contributed by atoms with E-state index in [1.807, 2.05) is 43.3 Å². The lowest BCUT2D eigenvalue weighted by Gasteiger charge is -2.42. The lowest BCUT2D eigenvalue weighted by atomic mass is 9.83. The van der Waals surface area contributed by atoms with E-state index in [2.05, 4.69) is 22.8 Å². The molecular formula is C36H40N2O10. The second-order valence-electron chi connectivity index (χ2n) is 11.9. The molecule has 0 saturated carbocycles. The van der Waals surface area contributed by atoms with Crippen LogP contribution in [0.2, 0.25) is 0 Å². The largest absolute Gasteiger partial charge is 0.467 e. The normalized spacial score (nSPS) is 21.3. The number of fused-ring (bicyclic) bond motifs is 3. The Labute approximate surface area is 278 Å². The van der Waals surface area contributed by atoms with Crippen LogP contribution in [-0.4, -0.2) is 67.8 Å². The van der Waals surface area contributed by atoms with Gasteiger partial charge in [0.25, 0.3) is 0 Å². The van der Waals surface area contributed by atoms with E-state index < -0.39 is 42.4 Å². The number of carbonyl (C=O) groups excluding carboxylic acids is 4. The number of nitrogens with one attached hydrogen (secondary N) is 2. The molecule has 0 radical (unpaired) electrons. The van der Waals surface area contributed by atoms with Crippen molar-refractivity contribution in [1.82, 2.24) is 5.32 Å². The summed E-state index contributed by atoms with van der Waals surface area (Å²) in [4.78, 5) is 50.0. The van der Waals surface area contributed by atoms with Gasteiger partial charge in [0.15, 0.2) is 12.2 Å². The van der Waals surface area contributed by atoms with E-state index in [9.17, 15) is 24.3 Å². The number of carbonyl (C=O) groups is 4. The Kier molecular flexibility index (Phi) is 11.0. The summed E-state index contributed by atoms with van der Waals surface area (Å²) in [5, 5.41) is 15.1. The van der Waals surface area contributed by atoms with Crippen molar-refractivity contribution < 1.29 is 48.0 Å². The Morgan fingerprint density at radius 1 is 0.917 bits per heavy atom. The summed E-state index contributed by atoms with van der Waals surface area (Å²) < 4.78 is 28.1. The Bertz CT molecular complexity index is 1610. The highest BCUT2D eigenvalue weighted by Gasteiger charge is 2.48. The van der Waals surface area contributed by atoms with Crippen LogP contribution in [0.5, 0.6) is 5.75 Å². The molecule has 2 amide bonds. The van der Waals surface area contributed by atoms with E-state index in [0.29, 0.717) is 5.56 Å². The molecule has 0 aromatic heterocycles. The molecular weight excluding hydrogens is 620 g/mol. The maximum absolute atomic E-state index is 13.0. The first kappa shape index (κ1) is 34.4. The molecule has 1 saturated heterocycles. The highest BCUT2D eigenvalue weighted by Crippen LogP contribution is 2.44. The molecule has 254 valence electrons. The number of hydrogen-bond acceptors (Lipinski definition) is 10. The second-order valence-corrected chi connectivity index (χ2v) is 11.9. The van der Waals surface area contributed by atoms with Gasteiger partial charge in [-0.3, -0.25) is 9.59 Å².